The van der Waals surface area contributed by atoms with Crippen molar-refractivity contribution in [3.63, 3.8) is 0 Å². The molecule has 0 amide bonds. The van der Waals surface area contributed by atoms with Crippen molar-refractivity contribution in [3.8, 4) is 17.6 Å². The van der Waals surface area contributed by atoms with Gasteiger partial charge in [0.25, 0.3) is 0 Å². The molecular formula is C22H31NO4. The van der Waals surface area contributed by atoms with Crippen LogP contribution >= 0.6 is 0 Å². The van der Waals surface area contributed by atoms with E-state index in [1.807, 2.05) is 23.1 Å². The van der Waals surface area contributed by atoms with E-state index in [0.717, 1.165) is 24.2 Å². The number of para-hydroxylation sites is 1. The van der Waals surface area contributed by atoms with E-state index in [1.54, 1.807) is 0 Å². The van der Waals surface area contributed by atoms with Crippen LogP contribution in [0.5, 0.6) is 5.75 Å². The van der Waals surface area contributed by atoms with Crippen LogP contribution in [0.25, 0.3) is 0 Å². The van der Waals surface area contributed by atoms with Crippen molar-refractivity contribution in [2.75, 3.05) is 32.8 Å². The zero-order valence-electron chi connectivity index (χ0n) is 16.6. The molecule has 5 nitrogen and oxygen atoms in total. The van der Waals surface area contributed by atoms with Crippen LogP contribution in [0, 0.1) is 17.8 Å². The smallest absolute Gasteiger partial charge is 0.126 e. The Labute approximate surface area is 162 Å². The Morgan fingerprint density at radius 3 is 2.56 bits per heavy atom. The maximum absolute atomic E-state index is 9.13. The van der Waals surface area contributed by atoms with Crippen LogP contribution in [-0.2, 0) is 4.74 Å². The van der Waals surface area contributed by atoms with Gasteiger partial charge in [-0.05, 0) is 39.7 Å². The minimum absolute atomic E-state index is 0.0241. The topological polar surface area (TPSA) is 62.2 Å². The largest absolute Gasteiger partial charge is 0.487 e. The Kier molecular flexibility index (Phi) is 6.12. The van der Waals surface area contributed by atoms with Crippen molar-refractivity contribution >= 4 is 0 Å². The van der Waals surface area contributed by atoms with E-state index in [2.05, 4.69) is 38.7 Å². The highest BCUT2D eigenvalue weighted by Crippen LogP contribution is 2.52. The lowest BCUT2D eigenvalue weighted by Gasteiger charge is -2.50. The van der Waals surface area contributed by atoms with Gasteiger partial charge in [0, 0.05) is 24.6 Å². The van der Waals surface area contributed by atoms with E-state index in [0.29, 0.717) is 25.6 Å². The van der Waals surface area contributed by atoms with Crippen molar-refractivity contribution < 1.29 is 19.7 Å². The minimum Gasteiger partial charge on any atom is -0.487 e. The maximum atomic E-state index is 9.13. The van der Waals surface area contributed by atoms with E-state index in [-0.39, 0.29) is 24.9 Å². The second-order valence-corrected chi connectivity index (χ2v) is 8.18. The number of benzene rings is 1. The first-order valence-electron chi connectivity index (χ1n) is 9.78. The number of hydrogen-bond acceptors (Lipinski definition) is 5. The van der Waals surface area contributed by atoms with Gasteiger partial charge in [-0.15, -0.1) is 0 Å². The Hall–Kier alpha value is -1.58. The lowest BCUT2D eigenvalue weighted by Crippen LogP contribution is -2.50. The van der Waals surface area contributed by atoms with Crippen molar-refractivity contribution in [2.24, 2.45) is 5.92 Å². The molecule has 2 aliphatic heterocycles. The van der Waals surface area contributed by atoms with Gasteiger partial charge in [0.2, 0.25) is 0 Å². The summed E-state index contributed by atoms with van der Waals surface area (Å²) in [5.41, 5.74) is 0.329. The molecule has 27 heavy (non-hydrogen) atoms. The summed E-state index contributed by atoms with van der Waals surface area (Å²) in [4.78, 5) is 1.94. The Bertz CT molecular complexity index is 702. The highest BCUT2D eigenvalue weighted by molar-refractivity contribution is 5.39. The minimum atomic E-state index is -0.508. The average molecular weight is 373 g/mol. The zero-order chi connectivity index (χ0) is 19.5. The number of aliphatic hydroxyl groups excluding tert-OH is 2. The molecule has 1 aromatic rings. The van der Waals surface area contributed by atoms with Gasteiger partial charge < -0.3 is 19.7 Å². The van der Waals surface area contributed by atoms with Crippen LogP contribution in [0.2, 0.25) is 0 Å². The first kappa shape index (κ1) is 20.2. The van der Waals surface area contributed by atoms with Crippen molar-refractivity contribution in [2.45, 2.75) is 50.9 Å². The lowest BCUT2D eigenvalue weighted by molar-refractivity contribution is -0.169. The van der Waals surface area contributed by atoms with Gasteiger partial charge in [-0.3, -0.25) is 4.90 Å². The number of rotatable bonds is 5. The molecule has 0 saturated carbocycles. The Balaban J connectivity index is 1.77. The van der Waals surface area contributed by atoms with Gasteiger partial charge in [-0.1, -0.05) is 30.0 Å². The SMILES string of the molecule is CC1(C)Oc2ccccc2[C@@H]2O[C@@](C)(C#CCN(CCO)CCO)CC[C@@H]21. The molecule has 3 rings (SSSR count). The van der Waals surface area contributed by atoms with Gasteiger partial charge in [-0.2, -0.15) is 0 Å². The van der Waals surface area contributed by atoms with Crippen LogP contribution in [0.3, 0.4) is 0 Å². The number of nitrogens with zero attached hydrogens (tertiary/aromatic N) is 1. The van der Waals surface area contributed by atoms with Crippen molar-refractivity contribution in [1.82, 2.24) is 4.90 Å². The third kappa shape index (κ3) is 4.47. The lowest BCUT2D eigenvalue weighted by atomic mass is 9.73. The van der Waals surface area contributed by atoms with Crippen LogP contribution in [0.1, 0.15) is 45.3 Å². The standard InChI is InChI=1S/C22H31NO4/c1-21(2)18-9-11-22(3,10-6-12-23(13-15-24)14-16-25)27-20(18)17-7-4-5-8-19(17)26-21/h4-5,7-8,18,20,24-25H,9,11-16H2,1-3H3/t18-,20-,22-/m0/s1. The van der Waals surface area contributed by atoms with E-state index < -0.39 is 5.60 Å². The Morgan fingerprint density at radius 2 is 1.85 bits per heavy atom. The first-order valence-corrected chi connectivity index (χ1v) is 9.78. The summed E-state index contributed by atoms with van der Waals surface area (Å²) >= 11 is 0. The predicted molar refractivity (Wildman–Crippen MR) is 104 cm³/mol. The molecule has 2 aliphatic rings. The molecule has 0 radical (unpaired) electrons. The van der Waals surface area contributed by atoms with Crippen LogP contribution < -0.4 is 4.74 Å². The molecule has 3 atom stereocenters. The molecule has 0 unspecified atom stereocenters. The van der Waals surface area contributed by atoms with Gasteiger partial charge in [0.05, 0.1) is 25.9 Å². The average Bonchev–Trinajstić information content (AvgIpc) is 2.61. The quantitative estimate of drug-likeness (QED) is 0.776. The first-order chi connectivity index (χ1) is 12.9. The van der Waals surface area contributed by atoms with E-state index in [4.69, 9.17) is 19.7 Å². The van der Waals surface area contributed by atoms with E-state index in [9.17, 15) is 0 Å². The Morgan fingerprint density at radius 1 is 1.15 bits per heavy atom. The fourth-order valence-electron chi connectivity index (χ4n) is 4.15. The summed E-state index contributed by atoms with van der Waals surface area (Å²) in [6.45, 7) is 7.99. The fraction of sp³-hybridized carbons (Fsp3) is 0.636. The zero-order valence-corrected chi connectivity index (χ0v) is 16.6. The fourth-order valence-corrected chi connectivity index (χ4v) is 4.15. The molecule has 2 heterocycles. The maximum Gasteiger partial charge on any atom is 0.126 e. The van der Waals surface area contributed by atoms with Gasteiger partial charge in [0.15, 0.2) is 0 Å². The third-order valence-electron chi connectivity index (χ3n) is 5.66. The molecule has 1 saturated heterocycles. The molecule has 0 spiro atoms. The van der Waals surface area contributed by atoms with E-state index in [1.165, 1.54) is 0 Å². The molecule has 2 N–H and O–H groups in total. The summed E-state index contributed by atoms with van der Waals surface area (Å²) in [6.07, 6.45) is 1.83. The molecule has 148 valence electrons. The summed E-state index contributed by atoms with van der Waals surface area (Å²) in [7, 11) is 0. The van der Waals surface area contributed by atoms with Crippen molar-refractivity contribution in [3.05, 3.63) is 29.8 Å². The number of hydrogen-bond donors (Lipinski definition) is 2. The van der Waals surface area contributed by atoms with Gasteiger partial charge >= 0.3 is 0 Å². The molecule has 1 aromatic carbocycles. The second-order valence-electron chi connectivity index (χ2n) is 8.18. The third-order valence-corrected chi connectivity index (χ3v) is 5.66. The summed E-state index contributed by atoms with van der Waals surface area (Å²) in [5.74, 6) is 7.72. The monoisotopic (exact) mass is 373 g/mol. The second kappa shape index (κ2) is 8.20. The van der Waals surface area contributed by atoms with Gasteiger partial charge in [-0.25, -0.2) is 0 Å². The van der Waals surface area contributed by atoms with Crippen LogP contribution in [0.4, 0.5) is 0 Å². The van der Waals surface area contributed by atoms with Crippen LogP contribution in [-0.4, -0.2) is 59.2 Å². The summed E-state index contributed by atoms with van der Waals surface area (Å²) < 4.78 is 12.8. The molecule has 0 aliphatic carbocycles. The number of ether oxygens (including phenoxy) is 2. The molecule has 1 fully saturated rings. The van der Waals surface area contributed by atoms with Crippen LogP contribution in [0.15, 0.2) is 24.3 Å². The molecular weight excluding hydrogens is 342 g/mol. The molecule has 0 aromatic heterocycles. The van der Waals surface area contributed by atoms with E-state index >= 15 is 0 Å². The van der Waals surface area contributed by atoms with Crippen molar-refractivity contribution in [1.29, 1.82) is 0 Å². The van der Waals surface area contributed by atoms with Gasteiger partial charge in [0.1, 0.15) is 17.0 Å². The number of fused-ring (bicyclic) bond motifs is 3. The molecule has 5 heteroatoms. The highest BCUT2D eigenvalue weighted by atomic mass is 16.5. The normalized spacial score (nSPS) is 28.5. The molecule has 0 bridgehead atoms. The summed E-state index contributed by atoms with van der Waals surface area (Å²) in [6, 6.07) is 8.12. The number of aliphatic hydroxyl groups is 2. The summed E-state index contributed by atoms with van der Waals surface area (Å²) in [5, 5.41) is 18.3. The predicted octanol–water partition coefficient (Wildman–Crippen LogP) is 2.37. The highest BCUT2D eigenvalue weighted by Gasteiger charge is 2.49.